The molecule has 0 amide bonds. The van der Waals surface area contributed by atoms with Gasteiger partial charge in [0.1, 0.15) is 0 Å². The first kappa shape index (κ1) is 375. The number of hydrogen-bond acceptors (Lipinski definition) is 0. The monoisotopic (exact) mass is 558 g/mol. The largest absolute Gasteiger partial charge is 0.412 e. The molecule has 0 fully saturated rings. The predicted molar refractivity (Wildman–Crippen MR) is 31.1 cm³/mol. The first-order valence-corrected chi connectivity index (χ1v) is 0. The fraction of sp³-hybridized carbons (Fsp3) is 0. The van der Waals surface area contributed by atoms with Crippen molar-refractivity contribution in [3.63, 3.8) is 0 Å². The maximum absolute atomic E-state index is 0. The Morgan fingerprint density at radius 1 is 0.250 bits per heavy atom. The van der Waals surface area contributed by atoms with Gasteiger partial charge in [-0.2, -0.15) is 0 Å². The average molecular weight is 557 g/mol. The molecule has 0 aromatic carbocycles. The fourth-order valence-corrected chi connectivity index (χ4v) is 0. The number of hydrogen-bond donors (Lipinski definition) is 0. The molecule has 0 saturated carbocycles. The average Bonchev–Trinajstić information content (AvgIpc) is 0. The van der Waals surface area contributed by atoms with Gasteiger partial charge in [0.2, 0.25) is 0 Å². The van der Waals surface area contributed by atoms with Crippen LogP contribution in [0.15, 0.2) is 0 Å². The smallest absolute Gasteiger partial charge is 0 e. The summed E-state index contributed by atoms with van der Waals surface area (Å²) in [7, 11) is 0. The van der Waals surface area contributed by atoms with Crippen molar-refractivity contribution >= 4 is 27.3 Å². The molecule has 0 aliphatic rings. The molecule has 0 aliphatic carbocycles. The fourth-order valence-electron chi connectivity index (χ4n) is 0. The molecule has 0 saturated heterocycles. The Morgan fingerprint density at radius 3 is 0.250 bits per heavy atom. The standard InChI is InChI=1S/4Fe.7H2O.Pb/h;;;;7*1H2;. The molecule has 0 bridgehead atoms. The summed E-state index contributed by atoms with van der Waals surface area (Å²) in [5, 5.41) is 0. The van der Waals surface area contributed by atoms with E-state index in [0.717, 1.165) is 0 Å². The van der Waals surface area contributed by atoms with Crippen molar-refractivity contribution in [1.29, 1.82) is 0 Å². The van der Waals surface area contributed by atoms with Crippen molar-refractivity contribution in [2.24, 2.45) is 0 Å². The van der Waals surface area contributed by atoms with Gasteiger partial charge in [0, 0.05) is 95.6 Å². The van der Waals surface area contributed by atoms with Crippen molar-refractivity contribution in [2.75, 3.05) is 0 Å². The Kier molecular flexibility index (Phi) is 9360. The molecule has 0 heterocycles. The first-order chi connectivity index (χ1) is 0. The maximum Gasteiger partial charge on any atom is 0 e. The van der Waals surface area contributed by atoms with E-state index in [9.17, 15) is 0 Å². The van der Waals surface area contributed by atoms with Crippen LogP contribution in [-0.2, 0) is 68.3 Å². The SMILES string of the molecule is O.O.O.O.O.O.O.[Fe].[Fe].[Fe].[Fe].[Pb]. The molecule has 0 spiro atoms. The van der Waals surface area contributed by atoms with Crippen molar-refractivity contribution in [3.05, 3.63) is 0 Å². The summed E-state index contributed by atoms with van der Waals surface area (Å²) in [6.45, 7) is 0. The van der Waals surface area contributed by atoms with Crippen LogP contribution in [0, 0.1) is 0 Å². The molecule has 12 heavy (non-hydrogen) atoms. The van der Waals surface area contributed by atoms with E-state index in [1.54, 1.807) is 0 Å². The van der Waals surface area contributed by atoms with Crippen LogP contribution < -0.4 is 0 Å². The second-order valence-corrected chi connectivity index (χ2v) is 0. The van der Waals surface area contributed by atoms with Crippen LogP contribution in [0.5, 0.6) is 0 Å². The van der Waals surface area contributed by atoms with Gasteiger partial charge in [0.25, 0.3) is 0 Å². The van der Waals surface area contributed by atoms with Gasteiger partial charge in [-0.3, -0.25) is 0 Å². The van der Waals surface area contributed by atoms with Crippen molar-refractivity contribution in [1.82, 2.24) is 0 Å². The molecule has 0 unspecified atom stereocenters. The molecule has 0 aromatic rings. The van der Waals surface area contributed by atoms with Gasteiger partial charge >= 0.3 is 0 Å². The molecule has 0 aliphatic heterocycles. The van der Waals surface area contributed by atoms with Crippen LogP contribution in [-0.4, -0.2) is 65.6 Å². The first-order valence-electron chi connectivity index (χ1n) is 0. The van der Waals surface area contributed by atoms with E-state index in [1.165, 1.54) is 0 Å². The summed E-state index contributed by atoms with van der Waals surface area (Å²) in [5.74, 6) is 0. The van der Waals surface area contributed by atoms with E-state index < -0.39 is 0 Å². The quantitative estimate of drug-likeness (QED) is 0.254. The van der Waals surface area contributed by atoms with Crippen molar-refractivity contribution < 1.29 is 107 Å². The topological polar surface area (TPSA) is 220 Å². The molecule has 92 valence electrons. The van der Waals surface area contributed by atoms with Gasteiger partial charge in [0.05, 0.1) is 0 Å². The van der Waals surface area contributed by atoms with Crippen molar-refractivity contribution in [3.8, 4) is 0 Å². The normalized spacial score (nSPS) is 0. The zero-order valence-corrected chi connectivity index (χ0v) is 13.7. The van der Waals surface area contributed by atoms with E-state index in [1.807, 2.05) is 0 Å². The van der Waals surface area contributed by atoms with E-state index >= 15 is 0 Å². The zero-order chi connectivity index (χ0) is 0. The van der Waals surface area contributed by atoms with E-state index in [0.29, 0.717) is 0 Å². The third-order valence-electron chi connectivity index (χ3n) is 0. The predicted octanol–water partition coefficient (Wildman–Crippen LogP) is -6.16. The van der Waals surface area contributed by atoms with Gasteiger partial charge in [-0.05, 0) is 0 Å². The summed E-state index contributed by atoms with van der Waals surface area (Å²) in [5.41, 5.74) is 0. The van der Waals surface area contributed by atoms with Gasteiger partial charge < -0.3 is 38.3 Å². The summed E-state index contributed by atoms with van der Waals surface area (Å²) < 4.78 is 0. The molecular weight excluding hydrogens is 543 g/mol. The third kappa shape index (κ3) is 236. The molecular formula is H14Fe4O7Pb. The Bertz CT molecular complexity index is 15.4. The third-order valence-corrected chi connectivity index (χ3v) is 0. The van der Waals surface area contributed by atoms with Crippen LogP contribution in [0.25, 0.3) is 0 Å². The van der Waals surface area contributed by atoms with Crippen molar-refractivity contribution in [2.45, 2.75) is 0 Å². The van der Waals surface area contributed by atoms with E-state index in [-0.39, 0.29) is 134 Å². The van der Waals surface area contributed by atoms with E-state index in [4.69, 9.17) is 0 Å². The van der Waals surface area contributed by atoms with Crippen LogP contribution >= 0.6 is 0 Å². The van der Waals surface area contributed by atoms with Crippen LogP contribution in [0.1, 0.15) is 0 Å². The van der Waals surface area contributed by atoms with E-state index in [2.05, 4.69) is 0 Å². The second-order valence-electron chi connectivity index (χ2n) is 0. The minimum Gasteiger partial charge on any atom is -0.412 e. The molecule has 7 nitrogen and oxygen atoms in total. The Morgan fingerprint density at radius 2 is 0.250 bits per heavy atom. The molecule has 0 rings (SSSR count). The van der Waals surface area contributed by atoms with Gasteiger partial charge in [0.15, 0.2) is 0 Å². The maximum atomic E-state index is 0. The van der Waals surface area contributed by atoms with Gasteiger partial charge in [-0.15, -0.1) is 0 Å². The second kappa shape index (κ2) is 300. The number of rotatable bonds is 0. The molecule has 4 radical (unpaired) electrons. The van der Waals surface area contributed by atoms with Crippen LogP contribution in [0.4, 0.5) is 0 Å². The molecule has 14 N–H and O–H groups in total. The van der Waals surface area contributed by atoms with Crippen LogP contribution in [0.2, 0.25) is 0 Å². The summed E-state index contributed by atoms with van der Waals surface area (Å²) in [4.78, 5) is 0. The van der Waals surface area contributed by atoms with Crippen LogP contribution in [0.3, 0.4) is 0 Å². The molecule has 0 atom stereocenters. The Hall–Kier alpha value is 2.72. The Balaban J connectivity index is 0. The van der Waals surface area contributed by atoms with Gasteiger partial charge in [-0.1, -0.05) is 0 Å². The molecule has 12 heteroatoms. The summed E-state index contributed by atoms with van der Waals surface area (Å²) >= 11 is 0. The summed E-state index contributed by atoms with van der Waals surface area (Å²) in [6, 6.07) is 0. The zero-order valence-electron chi connectivity index (χ0n) is 5.41. The van der Waals surface area contributed by atoms with Gasteiger partial charge in [-0.25, -0.2) is 0 Å². The Labute approximate surface area is 132 Å². The molecule has 0 aromatic heterocycles. The minimum absolute atomic E-state index is 0. The summed E-state index contributed by atoms with van der Waals surface area (Å²) in [6.07, 6.45) is 0. The minimum atomic E-state index is 0.